The third-order valence-corrected chi connectivity index (χ3v) is 4.12. The van der Waals surface area contributed by atoms with Crippen LogP contribution in [0.3, 0.4) is 0 Å². The maximum atomic E-state index is 4.62. The zero-order valence-electron chi connectivity index (χ0n) is 14.0. The summed E-state index contributed by atoms with van der Waals surface area (Å²) in [4.78, 5) is 11.6. The lowest BCUT2D eigenvalue weighted by atomic mass is 10.1. The van der Waals surface area contributed by atoms with Crippen LogP contribution in [0.15, 0.2) is 12.4 Å². The van der Waals surface area contributed by atoms with Gasteiger partial charge in [0.1, 0.15) is 0 Å². The Labute approximate surface area is 129 Å². The van der Waals surface area contributed by atoms with Gasteiger partial charge in [0.25, 0.3) is 0 Å². The standard InChI is InChI=1S/C17H30N4/c1-5-15-9-7-6-8-10-21(15)16-18-11-14(12-19-16)13-20-17(2,3)4/h11-12,15,20H,5-10,13H2,1-4H3. The molecule has 1 aliphatic heterocycles. The first-order valence-electron chi connectivity index (χ1n) is 8.32. The molecular formula is C17H30N4. The highest BCUT2D eigenvalue weighted by atomic mass is 15.3. The first-order valence-corrected chi connectivity index (χ1v) is 8.32. The van der Waals surface area contributed by atoms with Crippen LogP contribution in [0.1, 0.15) is 65.4 Å². The van der Waals surface area contributed by atoms with Gasteiger partial charge in [0.05, 0.1) is 0 Å². The molecule has 4 heteroatoms. The van der Waals surface area contributed by atoms with Gasteiger partial charge in [0, 0.05) is 42.6 Å². The highest BCUT2D eigenvalue weighted by Crippen LogP contribution is 2.22. The van der Waals surface area contributed by atoms with E-state index in [-0.39, 0.29) is 5.54 Å². The van der Waals surface area contributed by atoms with E-state index in [1.54, 1.807) is 0 Å². The minimum Gasteiger partial charge on any atom is -0.338 e. The Morgan fingerprint density at radius 1 is 1.19 bits per heavy atom. The van der Waals surface area contributed by atoms with E-state index in [0.717, 1.165) is 24.6 Å². The lowest BCUT2D eigenvalue weighted by Gasteiger charge is -2.29. The van der Waals surface area contributed by atoms with Crippen molar-refractivity contribution in [3.8, 4) is 0 Å². The molecule has 0 bridgehead atoms. The third-order valence-electron chi connectivity index (χ3n) is 4.12. The van der Waals surface area contributed by atoms with Crippen LogP contribution < -0.4 is 10.2 Å². The van der Waals surface area contributed by atoms with Crippen LogP contribution in [0.4, 0.5) is 5.95 Å². The van der Waals surface area contributed by atoms with Gasteiger partial charge in [-0.3, -0.25) is 0 Å². The van der Waals surface area contributed by atoms with Crippen LogP contribution in [-0.4, -0.2) is 28.1 Å². The smallest absolute Gasteiger partial charge is 0.225 e. The Hall–Kier alpha value is -1.16. The van der Waals surface area contributed by atoms with E-state index in [4.69, 9.17) is 0 Å². The summed E-state index contributed by atoms with van der Waals surface area (Å²) in [5.41, 5.74) is 1.27. The van der Waals surface area contributed by atoms with Crippen LogP contribution >= 0.6 is 0 Å². The molecule has 0 aliphatic carbocycles. The highest BCUT2D eigenvalue weighted by molar-refractivity contribution is 5.32. The predicted molar refractivity (Wildman–Crippen MR) is 88.5 cm³/mol. The number of nitrogens with one attached hydrogen (secondary N) is 1. The van der Waals surface area contributed by atoms with E-state index in [1.165, 1.54) is 32.1 Å². The summed E-state index contributed by atoms with van der Waals surface area (Å²) >= 11 is 0. The van der Waals surface area contributed by atoms with E-state index in [2.05, 4.69) is 47.9 Å². The number of nitrogens with zero attached hydrogens (tertiary/aromatic N) is 3. The molecule has 1 aromatic heterocycles. The monoisotopic (exact) mass is 290 g/mol. The molecule has 0 radical (unpaired) electrons. The number of hydrogen-bond acceptors (Lipinski definition) is 4. The summed E-state index contributed by atoms with van der Waals surface area (Å²) in [5.74, 6) is 0.906. The lowest BCUT2D eigenvalue weighted by Crippen LogP contribution is -2.36. The number of hydrogen-bond donors (Lipinski definition) is 1. The van der Waals surface area contributed by atoms with Crippen molar-refractivity contribution in [2.75, 3.05) is 11.4 Å². The van der Waals surface area contributed by atoms with Crippen molar-refractivity contribution < 1.29 is 0 Å². The minimum atomic E-state index is 0.122. The summed E-state index contributed by atoms with van der Waals surface area (Å²) in [6, 6.07) is 0.603. The molecule has 0 saturated carbocycles. The van der Waals surface area contributed by atoms with Crippen LogP contribution in [0.2, 0.25) is 0 Å². The maximum absolute atomic E-state index is 4.62. The molecule has 118 valence electrons. The summed E-state index contributed by atoms with van der Waals surface area (Å²) < 4.78 is 0. The molecule has 0 amide bonds. The van der Waals surface area contributed by atoms with Crippen LogP contribution in [0.25, 0.3) is 0 Å². The van der Waals surface area contributed by atoms with E-state index >= 15 is 0 Å². The molecule has 1 aliphatic rings. The number of aromatic nitrogens is 2. The Bertz CT molecular complexity index is 421. The highest BCUT2D eigenvalue weighted by Gasteiger charge is 2.21. The van der Waals surface area contributed by atoms with Gasteiger partial charge in [-0.2, -0.15) is 0 Å². The van der Waals surface area contributed by atoms with Gasteiger partial charge in [-0.15, -0.1) is 0 Å². The summed E-state index contributed by atoms with van der Waals surface area (Å²) in [7, 11) is 0. The van der Waals surface area contributed by atoms with Gasteiger partial charge in [0.15, 0.2) is 0 Å². The zero-order chi connectivity index (χ0) is 15.3. The van der Waals surface area contributed by atoms with Crippen molar-refractivity contribution in [1.29, 1.82) is 0 Å². The Kier molecular flexibility index (Phi) is 5.57. The second kappa shape index (κ2) is 7.21. The van der Waals surface area contributed by atoms with E-state index in [9.17, 15) is 0 Å². The molecule has 1 aromatic rings. The normalized spacial score (nSPS) is 20.4. The first kappa shape index (κ1) is 16.2. The maximum Gasteiger partial charge on any atom is 0.225 e. The third kappa shape index (κ3) is 4.95. The Morgan fingerprint density at radius 3 is 2.52 bits per heavy atom. The van der Waals surface area contributed by atoms with Crippen molar-refractivity contribution in [2.24, 2.45) is 0 Å². The fourth-order valence-electron chi connectivity index (χ4n) is 2.82. The van der Waals surface area contributed by atoms with Gasteiger partial charge >= 0.3 is 0 Å². The molecule has 0 spiro atoms. The number of rotatable bonds is 4. The molecule has 1 N–H and O–H groups in total. The molecule has 1 atom stereocenters. The SMILES string of the molecule is CCC1CCCCCN1c1ncc(CNC(C)(C)C)cn1. The second-order valence-electron chi connectivity index (χ2n) is 7.10. The molecule has 4 nitrogen and oxygen atoms in total. The molecule has 1 fully saturated rings. The Balaban J connectivity index is 2.03. The van der Waals surface area contributed by atoms with E-state index < -0.39 is 0 Å². The van der Waals surface area contributed by atoms with Crippen molar-refractivity contribution in [3.05, 3.63) is 18.0 Å². The van der Waals surface area contributed by atoms with Crippen molar-refractivity contribution in [3.63, 3.8) is 0 Å². The molecule has 21 heavy (non-hydrogen) atoms. The van der Waals surface area contributed by atoms with Crippen LogP contribution in [0, 0.1) is 0 Å². The van der Waals surface area contributed by atoms with Gasteiger partial charge in [-0.1, -0.05) is 19.8 Å². The average molecular weight is 290 g/mol. The topological polar surface area (TPSA) is 41.1 Å². The fourth-order valence-corrected chi connectivity index (χ4v) is 2.82. The van der Waals surface area contributed by atoms with Gasteiger partial charge in [-0.05, 0) is 40.0 Å². The lowest BCUT2D eigenvalue weighted by molar-refractivity contribution is 0.423. The molecule has 1 unspecified atom stereocenters. The summed E-state index contributed by atoms with van der Waals surface area (Å²) in [6.07, 6.45) is 10.3. The van der Waals surface area contributed by atoms with E-state index in [0.29, 0.717) is 6.04 Å². The van der Waals surface area contributed by atoms with Gasteiger partial charge in [-0.25, -0.2) is 9.97 Å². The second-order valence-corrected chi connectivity index (χ2v) is 7.10. The Morgan fingerprint density at radius 2 is 1.90 bits per heavy atom. The van der Waals surface area contributed by atoms with E-state index in [1.807, 2.05) is 12.4 Å². The first-order chi connectivity index (χ1) is 9.99. The van der Waals surface area contributed by atoms with Crippen molar-refractivity contribution in [1.82, 2.24) is 15.3 Å². The quantitative estimate of drug-likeness (QED) is 0.921. The van der Waals surface area contributed by atoms with Crippen molar-refractivity contribution >= 4 is 5.95 Å². The molecular weight excluding hydrogens is 260 g/mol. The summed E-state index contributed by atoms with van der Waals surface area (Å²) in [6.45, 7) is 10.7. The van der Waals surface area contributed by atoms with Gasteiger partial charge in [0.2, 0.25) is 5.95 Å². The molecule has 1 saturated heterocycles. The molecule has 2 rings (SSSR count). The predicted octanol–water partition coefficient (Wildman–Crippen LogP) is 3.52. The zero-order valence-corrected chi connectivity index (χ0v) is 14.0. The van der Waals surface area contributed by atoms with Crippen LogP contribution in [-0.2, 0) is 6.54 Å². The fraction of sp³-hybridized carbons (Fsp3) is 0.765. The average Bonchev–Trinajstić information content (AvgIpc) is 2.70. The minimum absolute atomic E-state index is 0.122. The van der Waals surface area contributed by atoms with Crippen LogP contribution in [0.5, 0.6) is 0 Å². The molecule has 2 heterocycles. The van der Waals surface area contributed by atoms with Gasteiger partial charge < -0.3 is 10.2 Å². The van der Waals surface area contributed by atoms with Crippen molar-refractivity contribution in [2.45, 2.75) is 77.9 Å². The largest absolute Gasteiger partial charge is 0.338 e. The number of anilines is 1. The molecule has 0 aromatic carbocycles. The summed E-state index contributed by atoms with van der Waals surface area (Å²) in [5, 5.41) is 3.47.